The van der Waals surface area contributed by atoms with Gasteiger partial charge in [0.25, 0.3) is 0 Å². The van der Waals surface area contributed by atoms with Crippen LogP contribution >= 0.6 is 11.3 Å². The highest BCUT2D eigenvalue weighted by molar-refractivity contribution is 7.11. The molecule has 1 fully saturated rings. The van der Waals surface area contributed by atoms with Crippen LogP contribution in [0.2, 0.25) is 0 Å². The van der Waals surface area contributed by atoms with Crippen molar-refractivity contribution in [2.45, 2.75) is 39.0 Å². The highest BCUT2D eigenvalue weighted by atomic mass is 32.1. The summed E-state index contributed by atoms with van der Waals surface area (Å²) in [5.74, 6) is 0. The first-order valence-corrected chi connectivity index (χ1v) is 4.88. The van der Waals surface area contributed by atoms with Crippen molar-refractivity contribution in [2.75, 3.05) is 0 Å². The molecule has 1 nitrogen and oxygen atoms in total. The van der Waals surface area contributed by atoms with Gasteiger partial charge in [0.1, 0.15) is 0 Å². The molecule has 0 aromatic carbocycles. The van der Waals surface area contributed by atoms with Crippen molar-refractivity contribution >= 4 is 11.3 Å². The highest BCUT2D eigenvalue weighted by Gasteiger charge is 2.42. The van der Waals surface area contributed by atoms with E-state index in [4.69, 9.17) is 0 Å². The molecular formula is C9H13NS. The SMILES string of the molecule is Cc1nc(C2(C)CC2)c(C)s1. The summed E-state index contributed by atoms with van der Waals surface area (Å²) in [6.07, 6.45) is 2.66. The lowest BCUT2D eigenvalue weighted by atomic mass is 10.1. The second kappa shape index (κ2) is 2.07. The third kappa shape index (κ3) is 1.09. The topological polar surface area (TPSA) is 12.9 Å². The van der Waals surface area contributed by atoms with E-state index in [-0.39, 0.29) is 0 Å². The Balaban J connectivity index is 2.44. The van der Waals surface area contributed by atoms with Crippen LogP contribution in [0.4, 0.5) is 0 Å². The maximum Gasteiger partial charge on any atom is 0.0900 e. The normalized spacial score (nSPS) is 20.3. The Morgan fingerprint density at radius 1 is 1.36 bits per heavy atom. The van der Waals surface area contributed by atoms with E-state index >= 15 is 0 Å². The number of aromatic nitrogens is 1. The van der Waals surface area contributed by atoms with Crippen molar-refractivity contribution in [1.82, 2.24) is 4.98 Å². The fourth-order valence-electron chi connectivity index (χ4n) is 1.51. The van der Waals surface area contributed by atoms with Gasteiger partial charge in [-0.1, -0.05) is 6.92 Å². The second-order valence-corrected chi connectivity index (χ2v) is 5.11. The Morgan fingerprint density at radius 3 is 2.36 bits per heavy atom. The first-order valence-electron chi connectivity index (χ1n) is 4.06. The lowest BCUT2D eigenvalue weighted by molar-refractivity contribution is 0.748. The van der Waals surface area contributed by atoms with E-state index in [2.05, 4.69) is 25.8 Å². The molecule has 0 bridgehead atoms. The lowest BCUT2D eigenvalue weighted by Crippen LogP contribution is -2.01. The maximum atomic E-state index is 4.56. The minimum atomic E-state index is 0.453. The van der Waals surface area contributed by atoms with Crippen LogP contribution in [0.3, 0.4) is 0 Å². The molecule has 1 aromatic rings. The second-order valence-electron chi connectivity index (χ2n) is 3.70. The molecule has 1 aromatic heterocycles. The van der Waals surface area contributed by atoms with Crippen LogP contribution in [-0.4, -0.2) is 4.98 Å². The van der Waals surface area contributed by atoms with E-state index in [1.807, 2.05) is 11.3 Å². The first-order chi connectivity index (χ1) is 5.12. The van der Waals surface area contributed by atoms with Gasteiger partial charge in [0.15, 0.2) is 0 Å². The molecule has 0 unspecified atom stereocenters. The summed E-state index contributed by atoms with van der Waals surface area (Å²) in [7, 11) is 0. The third-order valence-corrected chi connectivity index (χ3v) is 3.36. The van der Waals surface area contributed by atoms with Crippen LogP contribution in [-0.2, 0) is 5.41 Å². The Labute approximate surface area is 71.5 Å². The van der Waals surface area contributed by atoms with Crippen LogP contribution in [0.15, 0.2) is 0 Å². The maximum absolute atomic E-state index is 4.56. The molecule has 1 saturated carbocycles. The molecule has 0 aliphatic heterocycles. The average Bonchev–Trinajstić information content (AvgIpc) is 2.55. The van der Waals surface area contributed by atoms with Gasteiger partial charge in [0.2, 0.25) is 0 Å². The predicted octanol–water partition coefficient (Wildman–Crippen LogP) is 2.81. The molecule has 11 heavy (non-hydrogen) atoms. The van der Waals surface area contributed by atoms with E-state index in [1.54, 1.807) is 0 Å². The monoisotopic (exact) mass is 167 g/mol. The van der Waals surface area contributed by atoms with Crippen molar-refractivity contribution in [3.8, 4) is 0 Å². The average molecular weight is 167 g/mol. The van der Waals surface area contributed by atoms with Crippen LogP contribution in [0.25, 0.3) is 0 Å². The third-order valence-electron chi connectivity index (χ3n) is 2.48. The Hall–Kier alpha value is -0.370. The minimum absolute atomic E-state index is 0.453. The van der Waals surface area contributed by atoms with Crippen molar-refractivity contribution in [2.24, 2.45) is 0 Å². The summed E-state index contributed by atoms with van der Waals surface area (Å²) < 4.78 is 0. The van der Waals surface area contributed by atoms with Gasteiger partial charge in [-0.2, -0.15) is 0 Å². The fraction of sp³-hybridized carbons (Fsp3) is 0.667. The molecule has 60 valence electrons. The largest absolute Gasteiger partial charge is 0.246 e. The highest BCUT2D eigenvalue weighted by Crippen LogP contribution is 2.48. The van der Waals surface area contributed by atoms with Crippen molar-refractivity contribution in [1.29, 1.82) is 0 Å². The van der Waals surface area contributed by atoms with E-state index in [0.29, 0.717) is 5.41 Å². The zero-order chi connectivity index (χ0) is 8.06. The number of nitrogens with zero attached hydrogens (tertiary/aromatic N) is 1. The van der Waals surface area contributed by atoms with Gasteiger partial charge >= 0.3 is 0 Å². The molecule has 2 rings (SSSR count). The van der Waals surface area contributed by atoms with Crippen LogP contribution < -0.4 is 0 Å². The minimum Gasteiger partial charge on any atom is -0.246 e. The molecule has 0 radical (unpaired) electrons. The molecule has 0 N–H and O–H groups in total. The molecule has 2 heteroatoms. The van der Waals surface area contributed by atoms with Gasteiger partial charge in [0, 0.05) is 10.3 Å². The number of hydrogen-bond acceptors (Lipinski definition) is 2. The van der Waals surface area contributed by atoms with Gasteiger partial charge in [-0.25, -0.2) is 4.98 Å². The zero-order valence-corrected chi connectivity index (χ0v) is 8.09. The van der Waals surface area contributed by atoms with E-state index in [9.17, 15) is 0 Å². The van der Waals surface area contributed by atoms with Gasteiger partial charge in [-0.3, -0.25) is 0 Å². The quantitative estimate of drug-likeness (QED) is 0.626. The van der Waals surface area contributed by atoms with Gasteiger partial charge < -0.3 is 0 Å². The number of hydrogen-bond donors (Lipinski definition) is 0. The standard InChI is InChI=1S/C9H13NS/c1-6-8(9(3)4-5-9)10-7(2)11-6/h4-5H2,1-3H3. The number of thiazole rings is 1. The molecule has 0 saturated heterocycles. The molecule has 1 heterocycles. The van der Waals surface area contributed by atoms with Crippen molar-refractivity contribution in [3.63, 3.8) is 0 Å². The first kappa shape index (κ1) is 7.29. The molecule has 1 aliphatic carbocycles. The number of aryl methyl sites for hydroxylation is 2. The van der Waals surface area contributed by atoms with Crippen LogP contribution in [0, 0.1) is 13.8 Å². The summed E-state index contributed by atoms with van der Waals surface area (Å²) >= 11 is 1.82. The fourth-order valence-corrected chi connectivity index (χ4v) is 2.48. The summed E-state index contributed by atoms with van der Waals surface area (Å²) in [5.41, 5.74) is 1.81. The molecule has 0 atom stereocenters. The van der Waals surface area contributed by atoms with E-state index in [1.165, 1.54) is 28.4 Å². The Bertz CT molecular complexity index is 284. The summed E-state index contributed by atoms with van der Waals surface area (Å²) in [4.78, 5) is 5.98. The van der Waals surface area contributed by atoms with Crippen molar-refractivity contribution < 1.29 is 0 Å². The smallest absolute Gasteiger partial charge is 0.0900 e. The Kier molecular flexibility index (Phi) is 1.37. The van der Waals surface area contributed by atoms with E-state index < -0.39 is 0 Å². The van der Waals surface area contributed by atoms with Crippen LogP contribution in [0.1, 0.15) is 35.3 Å². The lowest BCUT2D eigenvalue weighted by Gasteiger charge is -2.03. The van der Waals surface area contributed by atoms with Gasteiger partial charge in [-0.15, -0.1) is 11.3 Å². The summed E-state index contributed by atoms with van der Waals surface area (Å²) in [5, 5.41) is 1.21. The van der Waals surface area contributed by atoms with Crippen LogP contribution in [0.5, 0.6) is 0 Å². The molecule has 0 amide bonds. The summed E-state index contributed by atoms with van der Waals surface area (Å²) in [6, 6.07) is 0. The number of rotatable bonds is 1. The van der Waals surface area contributed by atoms with Gasteiger partial charge in [0.05, 0.1) is 10.7 Å². The van der Waals surface area contributed by atoms with E-state index in [0.717, 1.165) is 0 Å². The molecule has 1 aliphatic rings. The van der Waals surface area contributed by atoms with Crippen molar-refractivity contribution in [3.05, 3.63) is 15.6 Å². The zero-order valence-electron chi connectivity index (χ0n) is 7.27. The molecular weight excluding hydrogens is 154 g/mol. The predicted molar refractivity (Wildman–Crippen MR) is 48.2 cm³/mol. The van der Waals surface area contributed by atoms with Gasteiger partial charge in [-0.05, 0) is 26.7 Å². The summed E-state index contributed by atoms with van der Waals surface area (Å²) in [6.45, 7) is 6.59. The Morgan fingerprint density at radius 2 is 2.00 bits per heavy atom. The molecule has 0 spiro atoms.